The molecular formula is C12H23NO2S. The smallest absolute Gasteiger partial charge is 0.0948 e. The van der Waals surface area contributed by atoms with E-state index in [2.05, 4.69) is 11.6 Å². The van der Waals surface area contributed by atoms with Crippen LogP contribution in [0.1, 0.15) is 32.1 Å². The van der Waals surface area contributed by atoms with Crippen LogP contribution in [0.3, 0.4) is 0 Å². The number of aliphatic hydroxyl groups is 1. The molecule has 1 aliphatic carbocycles. The van der Waals surface area contributed by atoms with Crippen molar-refractivity contribution in [1.82, 2.24) is 5.32 Å². The average molecular weight is 245 g/mol. The third kappa shape index (κ3) is 2.92. The summed E-state index contributed by atoms with van der Waals surface area (Å²) in [5, 5.41) is 13.2. The van der Waals surface area contributed by atoms with E-state index in [1.807, 2.05) is 11.8 Å². The number of thioether (sulfide) groups is 1. The highest BCUT2D eigenvalue weighted by Gasteiger charge is 2.33. The van der Waals surface area contributed by atoms with Crippen molar-refractivity contribution in [2.45, 2.75) is 49.0 Å². The minimum absolute atomic E-state index is 0.144. The Kier molecular flexibility index (Phi) is 4.53. The predicted molar refractivity (Wildman–Crippen MR) is 67.9 cm³/mol. The molecule has 2 atom stereocenters. The van der Waals surface area contributed by atoms with Gasteiger partial charge >= 0.3 is 0 Å². The molecule has 1 saturated carbocycles. The van der Waals surface area contributed by atoms with Gasteiger partial charge in [0.25, 0.3) is 0 Å². The zero-order chi connectivity index (χ0) is 11.4. The Morgan fingerprint density at radius 1 is 1.31 bits per heavy atom. The first-order chi connectivity index (χ1) is 7.76. The Morgan fingerprint density at radius 2 is 2.06 bits per heavy atom. The van der Waals surface area contributed by atoms with Gasteiger partial charge in [0.15, 0.2) is 0 Å². The van der Waals surface area contributed by atoms with Crippen molar-refractivity contribution in [2.75, 3.05) is 26.0 Å². The highest BCUT2D eigenvalue weighted by Crippen LogP contribution is 2.38. The summed E-state index contributed by atoms with van der Waals surface area (Å²) in [7, 11) is 0. The normalized spacial score (nSPS) is 34.1. The van der Waals surface area contributed by atoms with Crippen molar-refractivity contribution >= 4 is 11.8 Å². The molecule has 0 spiro atoms. The number of hydrogen-bond donors (Lipinski definition) is 2. The largest absolute Gasteiger partial charge is 0.389 e. The van der Waals surface area contributed by atoms with E-state index in [1.165, 1.54) is 32.1 Å². The summed E-state index contributed by atoms with van der Waals surface area (Å²) in [6.07, 6.45) is 8.61. The number of hydrogen-bond acceptors (Lipinski definition) is 4. The van der Waals surface area contributed by atoms with Crippen LogP contribution in [0.2, 0.25) is 0 Å². The molecule has 0 radical (unpaired) electrons. The molecule has 0 bridgehead atoms. The fraction of sp³-hybridized carbons (Fsp3) is 1.00. The first-order valence-electron chi connectivity index (χ1n) is 6.30. The fourth-order valence-electron chi connectivity index (χ4n) is 2.70. The second-order valence-electron chi connectivity index (χ2n) is 5.04. The van der Waals surface area contributed by atoms with Gasteiger partial charge in [0.1, 0.15) is 0 Å². The van der Waals surface area contributed by atoms with Crippen molar-refractivity contribution in [3.63, 3.8) is 0 Å². The first-order valence-corrected chi connectivity index (χ1v) is 7.53. The van der Waals surface area contributed by atoms with Crippen LogP contribution < -0.4 is 5.32 Å². The van der Waals surface area contributed by atoms with Crippen LogP contribution in [0.25, 0.3) is 0 Å². The number of aliphatic hydroxyl groups excluding tert-OH is 1. The lowest BCUT2D eigenvalue weighted by molar-refractivity contribution is 0.122. The Hall–Kier alpha value is 0.230. The van der Waals surface area contributed by atoms with Gasteiger partial charge in [0.05, 0.1) is 25.4 Å². The molecule has 2 fully saturated rings. The van der Waals surface area contributed by atoms with Gasteiger partial charge in [-0.2, -0.15) is 11.8 Å². The van der Waals surface area contributed by atoms with Gasteiger partial charge in [-0.3, -0.25) is 0 Å². The molecule has 1 aliphatic heterocycles. The molecule has 0 amide bonds. The standard InChI is InChI=1S/C12H23NO2S/c1-16-12(5-3-2-4-6-12)9-13-10-7-15-8-11(10)14/h10-11,13-14H,2-9H2,1H3. The van der Waals surface area contributed by atoms with Gasteiger partial charge in [-0.1, -0.05) is 19.3 Å². The quantitative estimate of drug-likeness (QED) is 0.785. The molecule has 94 valence electrons. The zero-order valence-electron chi connectivity index (χ0n) is 10.1. The van der Waals surface area contributed by atoms with E-state index in [9.17, 15) is 5.11 Å². The van der Waals surface area contributed by atoms with Crippen molar-refractivity contribution in [3.05, 3.63) is 0 Å². The zero-order valence-corrected chi connectivity index (χ0v) is 10.9. The van der Waals surface area contributed by atoms with Crippen LogP contribution in [0.15, 0.2) is 0 Å². The highest BCUT2D eigenvalue weighted by molar-refractivity contribution is 8.00. The summed E-state index contributed by atoms with van der Waals surface area (Å²) in [4.78, 5) is 0. The lowest BCUT2D eigenvalue weighted by atomic mass is 9.88. The van der Waals surface area contributed by atoms with Crippen molar-refractivity contribution in [3.8, 4) is 0 Å². The van der Waals surface area contributed by atoms with Crippen molar-refractivity contribution in [1.29, 1.82) is 0 Å². The summed E-state index contributed by atoms with van der Waals surface area (Å²) < 4.78 is 5.66. The Morgan fingerprint density at radius 3 is 2.62 bits per heavy atom. The van der Waals surface area contributed by atoms with Crippen LogP contribution in [-0.4, -0.2) is 48.0 Å². The monoisotopic (exact) mass is 245 g/mol. The van der Waals surface area contributed by atoms with Gasteiger partial charge in [0.2, 0.25) is 0 Å². The van der Waals surface area contributed by atoms with E-state index in [4.69, 9.17) is 4.74 Å². The Balaban J connectivity index is 1.82. The maximum absolute atomic E-state index is 9.68. The van der Waals surface area contributed by atoms with Gasteiger partial charge in [-0.15, -0.1) is 0 Å². The average Bonchev–Trinajstić information content (AvgIpc) is 2.74. The Labute approximate surface area is 102 Å². The molecule has 0 aromatic heterocycles. The minimum atomic E-state index is -0.317. The lowest BCUT2D eigenvalue weighted by Crippen LogP contribution is -2.47. The molecule has 2 aliphatic rings. The van der Waals surface area contributed by atoms with E-state index in [0.29, 0.717) is 18.0 Å². The molecule has 0 aromatic carbocycles. The molecule has 0 aromatic rings. The molecule has 3 nitrogen and oxygen atoms in total. The van der Waals surface area contributed by atoms with E-state index in [0.717, 1.165) is 6.54 Å². The molecular weight excluding hydrogens is 222 g/mol. The maximum atomic E-state index is 9.68. The molecule has 1 saturated heterocycles. The van der Waals surface area contributed by atoms with E-state index < -0.39 is 0 Å². The van der Waals surface area contributed by atoms with Gasteiger partial charge < -0.3 is 15.2 Å². The number of rotatable bonds is 4. The van der Waals surface area contributed by atoms with Gasteiger partial charge in [0, 0.05) is 11.3 Å². The van der Waals surface area contributed by atoms with Gasteiger partial charge in [-0.25, -0.2) is 0 Å². The summed E-state index contributed by atoms with van der Waals surface area (Å²) in [6.45, 7) is 2.16. The summed E-state index contributed by atoms with van der Waals surface area (Å²) in [5.74, 6) is 0. The van der Waals surface area contributed by atoms with Crippen LogP contribution in [0, 0.1) is 0 Å². The maximum Gasteiger partial charge on any atom is 0.0948 e. The number of ether oxygens (including phenoxy) is 1. The fourth-order valence-corrected chi connectivity index (χ4v) is 3.63. The minimum Gasteiger partial charge on any atom is -0.389 e. The Bertz CT molecular complexity index is 219. The van der Waals surface area contributed by atoms with Crippen LogP contribution in [-0.2, 0) is 4.74 Å². The lowest BCUT2D eigenvalue weighted by Gasteiger charge is -2.37. The van der Waals surface area contributed by atoms with Crippen LogP contribution >= 0.6 is 11.8 Å². The third-order valence-electron chi connectivity index (χ3n) is 3.93. The summed E-state index contributed by atoms with van der Waals surface area (Å²) in [6, 6.07) is 0.144. The van der Waals surface area contributed by atoms with E-state index in [1.54, 1.807) is 0 Å². The number of nitrogens with one attached hydrogen (secondary N) is 1. The topological polar surface area (TPSA) is 41.5 Å². The third-order valence-corrected chi connectivity index (χ3v) is 5.35. The molecule has 16 heavy (non-hydrogen) atoms. The molecule has 2 N–H and O–H groups in total. The van der Waals surface area contributed by atoms with Crippen LogP contribution in [0.5, 0.6) is 0 Å². The van der Waals surface area contributed by atoms with Crippen LogP contribution in [0.4, 0.5) is 0 Å². The SMILES string of the molecule is CSC1(CNC2COCC2O)CCCCC1. The highest BCUT2D eigenvalue weighted by atomic mass is 32.2. The van der Waals surface area contributed by atoms with E-state index >= 15 is 0 Å². The second-order valence-corrected chi connectivity index (χ2v) is 6.31. The predicted octanol–water partition coefficient (Wildman–Crippen LogP) is 1.40. The first kappa shape index (κ1) is 12.7. The summed E-state index contributed by atoms with van der Waals surface area (Å²) in [5.41, 5.74) is 0. The molecule has 2 unspecified atom stereocenters. The second kappa shape index (κ2) is 5.71. The molecule has 4 heteroatoms. The van der Waals surface area contributed by atoms with E-state index in [-0.39, 0.29) is 12.1 Å². The molecule has 1 heterocycles. The summed E-state index contributed by atoms with van der Waals surface area (Å²) >= 11 is 1.99. The van der Waals surface area contributed by atoms with Gasteiger partial charge in [-0.05, 0) is 19.1 Å². The van der Waals surface area contributed by atoms with Crippen molar-refractivity contribution in [2.24, 2.45) is 0 Å². The molecule has 2 rings (SSSR count). The van der Waals surface area contributed by atoms with Crippen molar-refractivity contribution < 1.29 is 9.84 Å².